The minimum Gasteiger partial charge on any atom is -0.486 e. The van der Waals surface area contributed by atoms with E-state index in [1.165, 1.54) is 0 Å². The van der Waals surface area contributed by atoms with Crippen molar-refractivity contribution in [3.8, 4) is 5.75 Å². The molecule has 4 heteroatoms. The van der Waals surface area contributed by atoms with E-state index in [1.807, 2.05) is 0 Å². The van der Waals surface area contributed by atoms with Gasteiger partial charge in [-0.05, 0) is 18.2 Å². The van der Waals surface area contributed by atoms with E-state index in [2.05, 4.69) is 0 Å². The van der Waals surface area contributed by atoms with Crippen molar-refractivity contribution in [3.05, 3.63) is 28.2 Å². The Kier molecular flexibility index (Phi) is 3.16. The fraction of sp³-hybridized carbons (Fsp3) is 0.400. The largest absolute Gasteiger partial charge is 0.486 e. The molecule has 1 aliphatic heterocycles. The van der Waals surface area contributed by atoms with Gasteiger partial charge < -0.3 is 9.47 Å². The molecule has 1 unspecified atom stereocenters. The van der Waals surface area contributed by atoms with Gasteiger partial charge in [0.2, 0.25) is 0 Å². The van der Waals surface area contributed by atoms with Crippen LogP contribution in [0.2, 0.25) is 10.0 Å². The van der Waals surface area contributed by atoms with Crippen molar-refractivity contribution in [3.63, 3.8) is 0 Å². The van der Waals surface area contributed by atoms with Gasteiger partial charge in [-0.1, -0.05) is 23.2 Å². The maximum atomic E-state index is 5.96. The molecule has 1 aromatic carbocycles. The standard InChI is InChI=1S/C10H10Cl2O2/c11-7-1-2-10(9(12)5-7)14-8-3-4-13-6-8/h1-2,5,8H,3-4,6H2. The molecule has 1 aliphatic rings. The zero-order valence-electron chi connectivity index (χ0n) is 7.50. The maximum Gasteiger partial charge on any atom is 0.138 e. The van der Waals surface area contributed by atoms with E-state index < -0.39 is 0 Å². The number of benzene rings is 1. The quantitative estimate of drug-likeness (QED) is 0.781. The molecule has 0 aromatic heterocycles. The Bertz CT molecular complexity index is 322. The predicted octanol–water partition coefficient (Wildman–Crippen LogP) is 3.16. The van der Waals surface area contributed by atoms with Gasteiger partial charge in [-0.15, -0.1) is 0 Å². The molecule has 1 heterocycles. The summed E-state index contributed by atoms with van der Waals surface area (Å²) < 4.78 is 10.8. The lowest BCUT2D eigenvalue weighted by Crippen LogP contribution is -2.15. The highest BCUT2D eigenvalue weighted by atomic mass is 35.5. The normalized spacial score (nSPS) is 21.1. The van der Waals surface area contributed by atoms with Crippen LogP contribution in [0.1, 0.15) is 6.42 Å². The summed E-state index contributed by atoms with van der Waals surface area (Å²) in [6, 6.07) is 5.22. The highest BCUT2D eigenvalue weighted by Crippen LogP contribution is 2.29. The van der Waals surface area contributed by atoms with E-state index in [0.717, 1.165) is 13.0 Å². The van der Waals surface area contributed by atoms with Crippen LogP contribution in [-0.4, -0.2) is 19.3 Å². The minimum atomic E-state index is 0.119. The summed E-state index contributed by atoms with van der Waals surface area (Å²) in [5.74, 6) is 0.673. The monoisotopic (exact) mass is 232 g/mol. The van der Waals surface area contributed by atoms with Crippen LogP contribution in [-0.2, 0) is 4.74 Å². The van der Waals surface area contributed by atoms with Gasteiger partial charge in [0.25, 0.3) is 0 Å². The smallest absolute Gasteiger partial charge is 0.138 e. The summed E-state index contributed by atoms with van der Waals surface area (Å²) in [6.07, 6.45) is 1.03. The second kappa shape index (κ2) is 4.39. The molecule has 2 nitrogen and oxygen atoms in total. The average Bonchev–Trinajstić information content (AvgIpc) is 2.62. The van der Waals surface area contributed by atoms with E-state index in [-0.39, 0.29) is 6.10 Å². The first-order valence-electron chi connectivity index (χ1n) is 4.45. The van der Waals surface area contributed by atoms with Gasteiger partial charge in [0.1, 0.15) is 11.9 Å². The molecule has 0 amide bonds. The van der Waals surface area contributed by atoms with Crippen LogP contribution < -0.4 is 4.74 Å². The van der Waals surface area contributed by atoms with E-state index in [1.54, 1.807) is 18.2 Å². The van der Waals surface area contributed by atoms with Crippen molar-refractivity contribution in [1.29, 1.82) is 0 Å². The lowest BCUT2D eigenvalue weighted by Gasteiger charge is -2.12. The fourth-order valence-electron chi connectivity index (χ4n) is 1.36. The Labute approximate surface area is 92.7 Å². The summed E-state index contributed by atoms with van der Waals surface area (Å²) in [7, 11) is 0. The molecule has 0 saturated carbocycles. The molecule has 1 saturated heterocycles. The number of ether oxygens (including phenoxy) is 2. The van der Waals surface area contributed by atoms with Crippen molar-refractivity contribution in [2.45, 2.75) is 12.5 Å². The van der Waals surface area contributed by atoms with Crippen molar-refractivity contribution in [2.75, 3.05) is 13.2 Å². The highest BCUT2D eigenvalue weighted by molar-refractivity contribution is 6.35. The number of hydrogen-bond acceptors (Lipinski definition) is 2. The lowest BCUT2D eigenvalue weighted by molar-refractivity contribution is 0.141. The van der Waals surface area contributed by atoms with Crippen LogP contribution in [0.3, 0.4) is 0 Å². The molecule has 1 aromatic rings. The first-order chi connectivity index (χ1) is 6.75. The molecule has 0 radical (unpaired) electrons. The van der Waals surface area contributed by atoms with Gasteiger partial charge in [-0.25, -0.2) is 0 Å². The van der Waals surface area contributed by atoms with Crippen LogP contribution in [0.25, 0.3) is 0 Å². The third-order valence-electron chi connectivity index (χ3n) is 2.08. The molecule has 1 atom stereocenters. The third kappa shape index (κ3) is 2.32. The molecule has 76 valence electrons. The third-order valence-corrected chi connectivity index (χ3v) is 2.61. The molecular weight excluding hydrogens is 223 g/mol. The Morgan fingerprint density at radius 3 is 2.86 bits per heavy atom. The van der Waals surface area contributed by atoms with Crippen LogP contribution in [0, 0.1) is 0 Å². The van der Waals surface area contributed by atoms with Gasteiger partial charge in [-0.2, -0.15) is 0 Å². The molecule has 0 N–H and O–H groups in total. The molecular formula is C10H10Cl2O2. The van der Waals surface area contributed by atoms with Gasteiger partial charge in [0, 0.05) is 11.4 Å². The van der Waals surface area contributed by atoms with Crippen molar-refractivity contribution in [1.82, 2.24) is 0 Å². The van der Waals surface area contributed by atoms with Gasteiger partial charge in [0.05, 0.1) is 18.2 Å². The van der Waals surface area contributed by atoms with E-state index in [9.17, 15) is 0 Å². The van der Waals surface area contributed by atoms with Crippen LogP contribution in [0.15, 0.2) is 18.2 Å². The molecule has 0 bridgehead atoms. The Balaban J connectivity index is 2.08. The molecule has 2 rings (SSSR count). The lowest BCUT2D eigenvalue weighted by atomic mass is 10.3. The first kappa shape index (κ1) is 10.1. The Morgan fingerprint density at radius 2 is 2.21 bits per heavy atom. The van der Waals surface area contributed by atoms with Gasteiger partial charge in [-0.3, -0.25) is 0 Å². The minimum absolute atomic E-state index is 0.119. The second-order valence-corrected chi connectivity index (χ2v) is 4.02. The fourth-order valence-corrected chi connectivity index (χ4v) is 1.81. The summed E-state index contributed by atoms with van der Waals surface area (Å²) in [6.45, 7) is 1.40. The Morgan fingerprint density at radius 1 is 1.36 bits per heavy atom. The maximum absolute atomic E-state index is 5.96. The zero-order chi connectivity index (χ0) is 9.97. The number of rotatable bonds is 2. The Hall–Kier alpha value is -0.440. The SMILES string of the molecule is Clc1ccc(OC2CCOC2)c(Cl)c1. The summed E-state index contributed by atoms with van der Waals surface area (Å²) in [5, 5.41) is 1.16. The molecule has 1 fully saturated rings. The number of halogens is 2. The van der Waals surface area contributed by atoms with E-state index in [4.69, 9.17) is 32.7 Å². The molecule has 0 spiro atoms. The van der Waals surface area contributed by atoms with Crippen LogP contribution in [0.5, 0.6) is 5.75 Å². The summed E-state index contributed by atoms with van der Waals surface area (Å²) >= 11 is 11.7. The van der Waals surface area contributed by atoms with Crippen molar-refractivity contribution in [2.24, 2.45) is 0 Å². The van der Waals surface area contributed by atoms with Gasteiger partial charge in [0.15, 0.2) is 0 Å². The number of hydrogen-bond donors (Lipinski definition) is 0. The molecule has 0 aliphatic carbocycles. The van der Waals surface area contributed by atoms with E-state index in [0.29, 0.717) is 22.4 Å². The van der Waals surface area contributed by atoms with Crippen molar-refractivity contribution >= 4 is 23.2 Å². The molecule has 14 heavy (non-hydrogen) atoms. The topological polar surface area (TPSA) is 18.5 Å². The van der Waals surface area contributed by atoms with Crippen LogP contribution in [0.4, 0.5) is 0 Å². The highest BCUT2D eigenvalue weighted by Gasteiger charge is 2.18. The van der Waals surface area contributed by atoms with Crippen molar-refractivity contribution < 1.29 is 9.47 Å². The van der Waals surface area contributed by atoms with Crippen LogP contribution >= 0.6 is 23.2 Å². The average molecular weight is 233 g/mol. The second-order valence-electron chi connectivity index (χ2n) is 3.18. The first-order valence-corrected chi connectivity index (χ1v) is 5.21. The summed E-state index contributed by atoms with van der Waals surface area (Å²) in [5.41, 5.74) is 0. The summed E-state index contributed by atoms with van der Waals surface area (Å²) in [4.78, 5) is 0. The van der Waals surface area contributed by atoms with Gasteiger partial charge >= 0.3 is 0 Å². The zero-order valence-corrected chi connectivity index (χ0v) is 9.02. The van der Waals surface area contributed by atoms with E-state index >= 15 is 0 Å². The predicted molar refractivity (Wildman–Crippen MR) is 56.3 cm³/mol.